The van der Waals surface area contributed by atoms with Crippen LogP contribution < -0.4 is 0 Å². The van der Waals surface area contributed by atoms with Crippen molar-refractivity contribution in [2.24, 2.45) is 0 Å². The first-order valence-corrected chi connectivity index (χ1v) is 9.53. The Hall–Kier alpha value is -3.20. The molecule has 0 spiro atoms. The van der Waals surface area contributed by atoms with Gasteiger partial charge in [0.1, 0.15) is 11.5 Å². The number of benzene rings is 3. The third-order valence-electron chi connectivity index (χ3n) is 5.62. The van der Waals surface area contributed by atoms with Gasteiger partial charge in [-0.2, -0.15) is 0 Å². The van der Waals surface area contributed by atoms with Crippen molar-refractivity contribution >= 4 is 27.3 Å². The molecule has 0 aliphatic rings. The maximum absolute atomic E-state index is 14.3. The number of hydrogen-bond donors (Lipinski definition) is 0. The lowest BCUT2D eigenvalue weighted by Gasteiger charge is -2.15. The van der Waals surface area contributed by atoms with Crippen LogP contribution >= 0.6 is 0 Å². The smallest absolute Gasteiger partial charge is 0.145 e. The Morgan fingerprint density at radius 1 is 0.786 bits per heavy atom. The van der Waals surface area contributed by atoms with Gasteiger partial charge in [-0.3, -0.25) is 4.40 Å². The lowest BCUT2D eigenvalue weighted by Crippen LogP contribution is -1.98. The molecule has 0 saturated heterocycles. The van der Waals surface area contributed by atoms with Gasteiger partial charge in [-0.05, 0) is 62.4 Å². The third kappa shape index (κ3) is 2.29. The summed E-state index contributed by atoms with van der Waals surface area (Å²) in [5.74, 6) is -0.237. The van der Waals surface area contributed by atoms with E-state index in [2.05, 4.69) is 49.4 Å². The Bertz CT molecular complexity index is 1390. The Kier molecular flexibility index (Phi) is 3.57. The lowest BCUT2D eigenvalue weighted by atomic mass is 9.96. The van der Waals surface area contributed by atoms with Gasteiger partial charge in [0.05, 0.1) is 16.9 Å². The van der Waals surface area contributed by atoms with E-state index in [-0.39, 0.29) is 5.82 Å². The lowest BCUT2D eigenvalue weighted by molar-refractivity contribution is 0.629. The van der Waals surface area contributed by atoms with Crippen molar-refractivity contribution < 1.29 is 4.39 Å². The summed E-state index contributed by atoms with van der Waals surface area (Å²) >= 11 is 0. The molecule has 0 unspecified atom stereocenters. The molecule has 0 bridgehead atoms. The molecule has 0 saturated carbocycles. The number of imidazole rings is 1. The van der Waals surface area contributed by atoms with Crippen LogP contribution in [-0.2, 0) is 0 Å². The molecule has 28 heavy (non-hydrogen) atoms. The standard InChI is InChI=1S/C25H21FN2/c1-14-11-15(2)23(16(3)12-14)24-17(4)27-25-21-8-6-5-7-19(21)20-10-9-18(26)13-22(20)28(24)25/h5-13H,1-4H3. The molecule has 0 N–H and O–H groups in total. The van der Waals surface area contributed by atoms with E-state index < -0.39 is 0 Å². The van der Waals surface area contributed by atoms with Gasteiger partial charge in [0.25, 0.3) is 0 Å². The van der Waals surface area contributed by atoms with Gasteiger partial charge in [0.2, 0.25) is 0 Å². The molecule has 0 fully saturated rings. The monoisotopic (exact) mass is 368 g/mol. The first-order valence-electron chi connectivity index (χ1n) is 9.53. The van der Waals surface area contributed by atoms with Crippen LogP contribution in [0.1, 0.15) is 22.4 Å². The molecule has 3 heteroatoms. The average Bonchev–Trinajstić information content (AvgIpc) is 2.98. The van der Waals surface area contributed by atoms with E-state index in [1.54, 1.807) is 6.07 Å². The summed E-state index contributed by atoms with van der Waals surface area (Å²) in [7, 11) is 0. The Morgan fingerprint density at radius 3 is 2.18 bits per heavy atom. The number of halogens is 1. The van der Waals surface area contributed by atoms with Crippen molar-refractivity contribution in [2.45, 2.75) is 27.7 Å². The van der Waals surface area contributed by atoms with Gasteiger partial charge < -0.3 is 0 Å². The van der Waals surface area contributed by atoms with Crippen molar-refractivity contribution in [1.82, 2.24) is 9.38 Å². The van der Waals surface area contributed by atoms with Gasteiger partial charge in [0.15, 0.2) is 0 Å². The highest BCUT2D eigenvalue weighted by atomic mass is 19.1. The molecule has 0 aliphatic heterocycles. The molecular formula is C25H21FN2. The quantitative estimate of drug-likeness (QED) is 0.302. The number of rotatable bonds is 1. The first kappa shape index (κ1) is 16.9. The van der Waals surface area contributed by atoms with Crippen molar-refractivity contribution in [3.63, 3.8) is 0 Å². The summed E-state index contributed by atoms with van der Waals surface area (Å²) in [5.41, 5.74) is 8.57. The molecule has 0 aliphatic carbocycles. The fourth-order valence-corrected chi connectivity index (χ4v) is 4.62. The normalized spacial score (nSPS) is 11.8. The van der Waals surface area contributed by atoms with Crippen LogP contribution in [0.5, 0.6) is 0 Å². The minimum Gasteiger partial charge on any atom is -0.291 e. The van der Waals surface area contributed by atoms with E-state index in [0.717, 1.165) is 38.7 Å². The number of nitrogens with zero attached hydrogens (tertiary/aromatic N) is 2. The summed E-state index contributed by atoms with van der Waals surface area (Å²) in [4.78, 5) is 4.94. The second-order valence-electron chi connectivity index (χ2n) is 7.69. The molecule has 0 amide bonds. The molecule has 0 radical (unpaired) electrons. The zero-order valence-corrected chi connectivity index (χ0v) is 16.5. The topological polar surface area (TPSA) is 17.3 Å². The summed E-state index contributed by atoms with van der Waals surface area (Å²) in [6, 6.07) is 17.7. The Labute approximate surface area is 163 Å². The van der Waals surface area contributed by atoms with Crippen molar-refractivity contribution in [3.05, 3.63) is 82.8 Å². The highest BCUT2D eigenvalue weighted by Gasteiger charge is 2.20. The Morgan fingerprint density at radius 2 is 1.46 bits per heavy atom. The first-order chi connectivity index (χ1) is 13.5. The van der Waals surface area contributed by atoms with Gasteiger partial charge >= 0.3 is 0 Å². The van der Waals surface area contributed by atoms with Gasteiger partial charge in [-0.15, -0.1) is 0 Å². The van der Waals surface area contributed by atoms with Crippen LogP contribution in [0, 0.1) is 33.5 Å². The fourth-order valence-electron chi connectivity index (χ4n) is 4.62. The average molecular weight is 368 g/mol. The fraction of sp³-hybridized carbons (Fsp3) is 0.160. The number of aromatic nitrogens is 2. The second kappa shape index (κ2) is 5.90. The predicted octanol–water partition coefficient (Wildman–Crippen LogP) is 6.68. The third-order valence-corrected chi connectivity index (χ3v) is 5.62. The number of pyridine rings is 1. The van der Waals surface area contributed by atoms with Crippen LogP contribution in [0.4, 0.5) is 4.39 Å². The minimum atomic E-state index is -0.237. The molecule has 0 atom stereocenters. The highest BCUT2D eigenvalue weighted by Crippen LogP contribution is 2.37. The molecule has 5 rings (SSSR count). The van der Waals surface area contributed by atoms with Gasteiger partial charge in [-0.1, -0.05) is 42.0 Å². The van der Waals surface area contributed by atoms with Gasteiger partial charge in [0, 0.05) is 16.3 Å². The number of aryl methyl sites for hydroxylation is 4. The molecule has 5 aromatic rings. The Balaban J connectivity index is 2.08. The largest absolute Gasteiger partial charge is 0.291 e. The maximum atomic E-state index is 14.3. The van der Waals surface area contributed by atoms with Crippen LogP contribution in [-0.4, -0.2) is 9.38 Å². The van der Waals surface area contributed by atoms with E-state index in [4.69, 9.17) is 4.98 Å². The molecular weight excluding hydrogens is 347 g/mol. The maximum Gasteiger partial charge on any atom is 0.145 e. The summed E-state index contributed by atoms with van der Waals surface area (Å²) in [6.45, 7) is 8.43. The van der Waals surface area contributed by atoms with E-state index in [9.17, 15) is 4.39 Å². The zero-order chi connectivity index (χ0) is 19.6. The second-order valence-corrected chi connectivity index (χ2v) is 7.69. The minimum absolute atomic E-state index is 0.237. The molecule has 2 aromatic heterocycles. The van der Waals surface area contributed by atoms with Crippen molar-refractivity contribution in [2.75, 3.05) is 0 Å². The molecule has 138 valence electrons. The van der Waals surface area contributed by atoms with E-state index in [1.807, 2.05) is 25.1 Å². The van der Waals surface area contributed by atoms with Crippen molar-refractivity contribution in [3.8, 4) is 11.3 Å². The van der Waals surface area contributed by atoms with Crippen LogP contribution in [0.2, 0.25) is 0 Å². The number of hydrogen-bond acceptors (Lipinski definition) is 1. The summed E-state index contributed by atoms with van der Waals surface area (Å²) in [6.07, 6.45) is 0. The highest BCUT2D eigenvalue weighted by molar-refractivity contribution is 6.12. The predicted molar refractivity (Wildman–Crippen MR) is 115 cm³/mol. The zero-order valence-electron chi connectivity index (χ0n) is 16.5. The van der Waals surface area contributed by atoms with E-state index in [1.165, 1.54) is 28.3 Å². The van der Waals surface area contributed by atoms with E-state index in [0.29, 0.717) is 0 Å². The van der Waals surface area contributed by atoms with Crippen LogP contribution in [0.25, 0.3) is 38.6 Å². The SMILES string of the molecule is Cc1cc(C)c(-c2c(C)nc3c4ccccc4c4ccc(F)cc4n23)c(C)c1. The van der Waals surface area contributed by atoms with Crippen LogP contribution in [0.15, 0.2) is 54.6 Å². The van der Waals surface area contributed by atoms with Gasteiger partial charge in [-0.25, -0.2) is 9.37 Å². The van der Waals surface area contributed by atoms with E-state index >= 15 is 0 Å². The summed E-state index contributed by atoms with van der Waals surface area (Å²) < 4.78 is 16.4. The van der Waals surface area contributed by atoms with Crippen LogP contribution in [0.3, 0.4) is 0 Å². The number of fused-ring (bicyclic) bond motifs is 6. The summed E-state index contributed by atoms with van der Waals surface area (Å²) in [5, 5.41) is 3.21. The molecule has 2 nitrogen and oxygen atoms in total. The molecule has 3 aromatic carbocycles. The molecule has 2 heterocycles. The van der Waals surface area contributed by atoms with Crippen molar-refractivity contribution in [1.29, 1.82) is 0 Å².